The van der Waals surface area contributed by atoms with Crippen LogP contribution in [0.2, 0.25) is 0 Å². The molecule has 1 atom stereocenters. The second-order valence-corrected chi connectivity index (χ2v) is 5.22. The minimum Gasteiger partial charge on any atom is -0.480 e. The van der Waals surface area contributed by atoms with Gasteiger partial charge in [0, 0.05) is 24.1 Å². The Hall–Kier alpha value is -1.54. The highest BCUT2D eigenvalue weighted by Gasteiger charge is 2.34. The Kier molecular flexibility index (Phi) is 4.34. The van der Waals surface area contributed by atoms with Gasteiger partial charge < -0.3 is 15.3 Å². The number of amides is 1. The molecule has 1 fully saturated rings. The smallest absolute Gasteiger partial charge is 0.327 e. The molecule has 0 aliphatic carbocycles. The molecular weight excluding hydrogens is 338 g/mol. The van der Waals surface area contributed by atoms with Crippen LogP contribution in [-0.4, -0.2) is 47.6 Å². The number of aliphatic carboxylic acids is 1. The van der Waals surface area contributed by atoms with E-state index in [0.29, 0.717) is 6.54 Å². The lowest BCUT2D eigenvalue weighted by Gasteiger charge is -2.33. The summed E-state index contributed by atoms with van der Waals surface area (Å²) in [5.41, 5.74) is -0.735. The van der Waals surface area contributed by atoms with Gasteiger partial charge in [-0.05, 0) is 12.1 Å². The van der Waals surface area contributed by atoms with Gasteiger partial charge in [-0.1, -0.05) is 15.9 Å². The van der Waals surface area contributed by atoms with E-state index in [9.17, 15) is 18.4 Å². The molecule has 1 aliphatic rings. The van der Waals surface area contributed by atoms with Gasteiger partial charge in [-0.15, -0.1) is 0 Å². The van der Waals surface area contributed by atoms with Gasteiger partial charge in [-0.25, -0.2) is 13.6 Å². The van der Waals surface area contributed by atoms with E-state index in [1.54, 1.807) is 0 Å². The van der Waals surface area contributed by atoms with Crippen LogP contribution >= 0.6 is 15.9 Å². The first-order valence-electron chi connectivity index (χ1n) is 5.81. The number of carbonyl (C=O) groups is 2. The molecule has 0 spiro atoms. The molecule has 1 unspecified atom stereocenters. The lowest BCUT2D eigenvalue weighted by Crippen LogP contribution is -2.57. The van der Waals surface area contributed by atoms with E-state index in [0.717, 1.165) is 17.0 Å². The van der Waals surface area contributed by atoms with Crippen LogP contribution < -0.4 is 5.32 Å². The van der Waals surface area contributed by atoms with Crippen molar-refractivity contribution in [2.75, 3.05) is 19.6 Å². The number of nitrogens with one attached hydrogen (secondary N) is 1. The molecule has 108 valence electrons. The van der Waals surface area contributed by atoms with Crippen LogP contribution in [0.1, 0.15) is 10.4 Å². The standard InChI is InChI=1S/C12H11BrF2N2O3/c13-6-3-7(14)10(8(15)4-6)11(18)17-2-1-16-5-9(17)12(19)20/h3-4,9,16H,1-2,5H2,(H,19,20). The van der Waals surface area contributed by atoms with E-state index >= 15 is 0 Å². The summed E-state index contributed by atoms with van der Waals surface area (Å²) < 4.78 is 27.7. The van der Waals surface area contributed by atoms with Crippen molar-refractivity contribution in [2.45, 2.75) is 6.04 Å². The molecule has 1 aromatic carbocycles. The van der Waals surface area contributed by atoms with E-state index in [2.05, 4.69) is 21.2 Å². The van der Waals surface area contributed by atoms with Crippen LogP contribution in [0.15, 0.2) is 16.6 Å². The maximum Gasteiger partial charge on any atom is 0.327 e. The van der Waals surface area contributed by atoms with E-state index in [1.165, 1.54) is 0 Å². The summed E-state index contributed by atoms with van der Waals surface area (Å²) in [4.78, 5) is 24.3. The lowest BCUT2D eigenvalue weighted by atomic mass is 10.1. The first-order valence-corrected chi connectivity index (χ1v) is 6.60. The predicted octanol–water partition coefficient (Wildman–Crippen LogP) is 1.23. The Morgan fingerprint density at radius 2 is 1.95 bits per heavy atom. The van der Waals surface area contributed by atoms with Gasteiger partial charge in [-0.2, -0.15) is 0 Å². The summed E-state index contributed by atoms with van der Waals surface area (Å²) >= 11 is 2.92. The summed E-state index contributed by atoms with van der Waals surface area (Å²) in [6, 6.07) is 0.793. The van der Waals surface area contributed by atoms with Crippen LogP contribution in [0, 0.1) is 11.6 Å². The van der Waals surface area contributed by atoms with Gasteiger partial charge in [0.1, 0.15) is 23.2 Å². The predicted molar refractivity (Wildman–Crippen MR) is 69.4 cm³/mol. The number of rotatable bonds is 2. The molecule has 0 aromatic heterocycles. The summed E-state index contributed by atoms with van der Waals surface area (Å²) in [6.45, 7) is 0.487. The van der Waals surface area contributed by atoms with Crippen molar-refractivity contribution in [3.8, 4) is 0 Å². The largest absolute Gasteiger partial charge is 0.480 e. The zero-order valence-electron chi connectivity index (χ0n) is 10.2. The highest BCUT2D eigenvalue weighted by atomic mass is 79.9. The molecule has 20 heavy (non-hydrogen) atoms. The molecule has 1 aromatic rings. The van der Waals surface area contributed by atoms with Crippen LogP contribution in [-0.2, 0) is 4.79 Å². The molecule has 1 aliphatic heterocycles. The number of carboxylic acid groups (broad SMARTS) is 1. The molecule has 2 rings (SSSR count). The molecule has 0 radical (unpaired) electrons. The van der Waals surface area contributed by atoms with Gasteiger partial charge in [0.05, 0.1) is 0 Å². The monoisotopic (exact) mass is 348 g/mol. The Morgan fingerprint density at radius 3 is 2.50 bits per heavy atom. The van der Waals surface area contributed by atoms with Crippen LogP contribution in [0.4, 0.5) is 8.78 Å². The third-order valence-corrected chi connectivity index (χ3v) is 3.47. The van der Waals surface area contributed by atoms with E-state index in [-0.39, 0.29) is 17.6 Å². The Labute approximate surface area is 121 Å². The quantitative estimate of drug-likeness (QED) is 0.843. The number of halogens is 3. The van der Waals surface area contributed by atoms with Crippen molar-refractivity contribution >= 4 is 27.8 Å². The fourth-order valence-corrected chi connectivity index (χ4v) is 2.46. The summed E-state index contributed by atoms with van der Waals surface area (Å²) in [5.74, 6) is -4.22. The number of nitrogens with zero attached hydrogens (tertiary/aromatic N) is 1. The maximum atomic E-state index is 13.8. The highest BCUT2D eigenvalue weighted by molar-refractivity contribution is 9.10. The molecule has 1 amide bonds. The van der Waals surface area contributed by atoms with Gasteiger partial charge >= 0.3 is 5.97 Å². The second kappa shape index (κ2) is 5.84. The number of hydrogen-bond donors (Lipinski definition) is 2. The van der Waals surface area contributed by atoms with Crippen LogP contribution in [0.25, 0.3) is 0 Å². The molecule has 0 saturated carbocycles. The highest BCUT2D eigenvalue weighted by Crippen LogP contribution is 2.22. The Morgan fingerprint density at radius 1 is 1.35 bits per heavy atom. The normalized spacial score (nSPS) is 18.9. The second-order valence-electron chi connectivity index (χ2n) is 4.30. The third-order valence-electron chi connectivity index (χ3n) is 3.01. The van der Waals surface area contributed by atoms with Crippen molar-refractivity contribution in [1.29, 1.82) is 0 Å². The number of carbonyl (C=O) groups excluding carboxylic acids is 1. The van der Waals surface area contributed by atoms with Crippen molar-refractivity contribution < 1.29 is 23.5 Å². The molecule has 2 N–H and O–H groups in total. The maximum absolute atomic E-state index is 13.8. The Balaban J connectivity index is 2.37. The van der Waals surface area contributed by atoms with Gasteiger partial charge in [0.2, 0.25) is 0 Å². The molecule has 1 heterocycles. The van der Waals surface area contributed by atoms with Gasteiger partial charge in [0.25, 0.3) is 5.91 Å². The van der Waals surface area contributed by atoms with Crippen molar-refractivity contribution in [2.24, 2.45) is 0 Å². The summed E-state index contributed by atoms with van der Waals surface area (Å²) in [6.07, 6.45) is 0. The fourth-order valence-electron chi connectivity index (χ4n) is 2.06. The topological polar surface area (TPSA) is 69.6 Å². The number of benzene rings is 1. The average Bonchev–Trinajstić information content (AvgIpc) is 2.37. The van der Waals surface area contributed by atoms with Crippen molar-refractivity contribution in [3.63, 3.8) is 0 Å². The van der Waals surface area contributed by atoms with Crippen molar-refractivity contribution in [1.82, 2.24) is 10.2 Å². The fraction of sp³-hybridized carbons (Fsp3) is 0.333. The van der Waals surface area contributed by atoms with Crippen LogP contribution in [0.5, 0.6) is 0 Å². The Bertz CT molecular complexity index is 545. The minimum atomic E-state index is -1.22. The van der Waals surface area contributed by atoms with E-state index in [4.69, 9.17) is 5.11 Å². The first kappa shape index (κ1) is 14.9. The summed E-state index contributed by atoms with van der Waals surface area (Å²) in [5, 5.41) is 11.9. The number of hydrogen-bond acceptors (Lipinski definition) is 3. The van der Waals surface area contributed by atoms with E-state index in [1.807, 2.05) is 0 Å². The van der Waals surface area contributed by atoms with Gasteiger partial charge in [-0.3, -0.25) is 4.79 Å². The summed E-state index contributed by atoms with van der Waals surface area (Å²) in [7, 11) is 0. The molecule has 8 heteroatoms. The first-order chi connectivity index (χ1) is 9.41. The van der Waals surface area contributed by atoms with Crippen molar-refractivity contribution in [3.05, 3.63) is 33.8 Å². The number of piperazine rings is 1. The minimum absolute atomic E-state index is 0.0425. The molecular formula is C12H11BrF2N2O3. The molecule has 0 bridgehead atoms. The van der Waals surface area contributed by atoms with Crippen LogP contribution in [0.3, 0.4) is 0 Å². The lowest BCUT2D eigenvalue weighted by molar-refractivity contribution is -0.142. The number of carboxylic acids is 1. The van der Waals surface area contributed by atoms with E-state index < -0.39 is 35.1 Å². The SMILES string of the molecule is O=C(O)C1CNCCN1C(=O)c1c(F)cc(Br)cc1F. The zero-order chi connectivity index (χ0) is 14.9. The molecule has 5 nitrogen and oxygen atoms in total. The molecule has 1 saturated heterocycles. The average molecular weight is 349 g/mol. The zero-order valence-corrected chi connectivity index (χ0v) is 11.8. The van der Waals surface area contributed by atoms with Gasteiger partial charge in [0.15, 0.2) is 0 Å². The third kappa shape index (κ3) is 2.80.